The van der Waals surface area contributed by atoms with Crippen molar-refractivity contribution in [2.75, 3.05) is 36.9 Å². The summed E-state index contributed by atoms with van der Waals surface area (Å²) in [4.78, 5) is 7.01. The fraction of sp³-hybridized carbons (Fsp3) is 0.185. The molecule has 0 radical (unpaired) electrons. The van der Waals surface area contributed by atoms with E-state index in [2.05, 4.69) is 56.9 Å². The molecule has 5 rings (SSSR count). The van der Waals surface area contributed by atoms with Gasteiger partial charge in [0, 0.05) is 48.2 Å². The topological polar surface area (TPSA) is 49.4 Å². The molecular formula is C27H25ClN4OS. The van der Waals surface area contributed by atoms with Gasteiger partial charge in [-0.3, -0.25) is 9.88 Å². The van der Waals surface area contributed by atoms with Gasteiger partial charge in [-0.2, -0.15) is 0 Å². The van der Waals surface area contributed by atoms with Crippen LogP contribution in [0.1, 0.15) is 5.56 Å². The number of morpholine rings is 1. The molecule has 4 aromatic rings. The van der Waals surface area contributed by atoms with Crippen molar-refractivity contribution < 1.29 is 4.74 Å². The van der Waals surface area contributed by atoms with E-state index >= 15 is 0 Å². The Balaban J connectivity index is 1.27. The molecule has 0 saturated carbocycles. The minimum atomic E-state index is 0.514. The number of anilines is 2. The van der Waals surface area contributed by atoms with Gasteiger partial charge in [-0.25, -0.2) is 0 Å². The molecule has 1 aromatic heterocycles. The number of rotatable bonds is 5. The number of hydrogen-bond donors (Lipinski definition) is 2. The van der Waals surface area contributed by atoms with Crippen LogP contribution in [0.25, 0.3) is 22.0 Å². The van der Waals surface area contributed by atoms with E-state index in [-0.39, 0.29) is 0 Å². The average molecular weight is 489 g/mol. The van der Waals surface area contributed by atoms with Crippen molar-refractivity contribution in [3.8, 4) is 11.3 Å². The second-order valence-corrected chi connectivity index (χ2v) is 9.06. The van der Waals surface area contributed by atoms with Crippen LogP contribution in [-0.2, 0) is 11.3 Å². The summed E-state index contributed by atoms with van der Waals surface area (Å²) in [7, 11) is 0. The lowest BCUT2D eigenvalue weighted by atomic mass is 10.0. The summed E-state index contributed by atoms with van der Waals surface area (Å²) in [5.41, 5.74) is 4.76. The van der Waals surface area contributed by atoms with Crippen LogP contribution in [0.3, 0.4) is 0 Å². The summed E-state index contributed by atoms with van der Waals surface area (Å²) in [6.45, 7) is 4.50. The monoisotopic (exact) mass is 488 g/mol. The van der Waals surface area contributed by atoms with Crippen molar-refractivity contribution in [1.82, 2.24) is 9.88 Å². The predicted molar refractivity (Wildman–Crippen MR) is 145 cm³/mol. The molecule has 7 heteroatoms. The minimum Gasteiger partial charge on any atom is -0.379 e. The molecule has 1 fully saturated rings. The molecule has 5 nitrogen and oxygen atoms in total. The van der Waals surface area contributed by atoms with E-state index in [0.717, 1.165) is 66.3 Å². The summed E-state index contributed by atoms with van der Waals surface area (Å²) < 4.78 is 5.42. The van der Waals surface area contributed by atoms with Crippen LogP contribution in [0.15, 0.2) is 79.0 Å². The highest BCUT2D eigenvalue weighted by atomic mass is 35.5. The molecule has 0 amide bonds. The van der Waals surface area contributed by atoms with Gasteiger partial charge >= 0.3 is 0 Å². The molecule has 0 unspecified atom stereocenters. The van der Waals surface area contributed by atoms with Crippen LogP contribution in [-0.4, -0.2) is 41.3 Å². The van der Waals surface area contributed by atoms with Crippen LogP contribution in [0.4, 0.5) is 11.4 Å². The lowest BCUT2D eigenvalue weighted by Crippen LogP contribution is -2.35. The van der Waals surface area contributed by atoms with Gasteiger partial charge in [0.25, 0.3) is 0 Å². The Morgan fingerprint density at radius 1 is 0.941 bits per heavy atom. The third-order valence-electron chi connectivity index (χ3n) is 5.87. The zero-order valence-corrected chi connectivity index (χ0v) is 20.2. The number of pyridine rings is 1. The Labute approximate surface area is 209 Å². The van der Waals surface area contributed by atoms with Crippen molar-refractivity contribution in [1.29, 1.82) is 0 Å². The quantitative estimate of drug-likeness (QED) is 0.326. The summed E-state index contributed by atoms with van der Waals surface area (Å²) in [6.07, 6.45) is 1.81. The maximum Gasteiger partial charge on any atom is 0.175 e. The second kappa shape index (κ2) is 10.5. The number of thiocarbonyl (C=S) groups is 1. The van der Waals surface area contributed by atoms with E-state index in [9.17, 15) is 0 Å². The number of ether oxygens (including phenoxy) is 1. The molecule has 1 saturated heterocycles. The molecule has 2 heterocycles. The van der Waals surface area contributed by atoms with Gasteiger partial charge in [0.15, 0.2) is 5.11 Å². The molecule has 2 N–H and O–H groups in total. The summed E-state index contributed by atoms with van der Waals surface area (Å²) >= 11 is 12.1. The molecule has 1 aliphatic heterocycles. The summed E-state index contributed by atoms with van der Waals surface area (Å²) in [5, 5.41) is 9.87. The molecular weight excluding hydrogens is 464 g/mol. The summed E-state index contributed by atoms with van der Waals surface area (Å²) in [5.74, 6) is 0. The van der Waals surface area contributed by atoms with Gasteiger partial charge in [0.05, 0.1) is 23.9 Å². The van der Waals surface area contributed by atoms with E-state index in [1.807, 2.05) is 42.6 Å². The van der Waals surface area contributed by atoms with Crippen molar-refractivity contribution in [2.45, 2.75) is 6.54 Å². The molecule has 34 heavy (non-hydrogen) atoms. The van der Waals surface area contributed by atoms with Gasteiger partial charge in [-0.15, -0.1) is 0 Å². The van der Waals surface area contributed by atoms with Crippen molar-refractivity contribution in [3.63, 3.8) is 0 Å². The zero-order valence-electron chi connectivity index (χ0n) is 18.6. The smallest absolute Gasteiger partial charge is 0.175 e. The lowest BCUT2D eigenvalue weighted by molar-refractivity contribution is 0.0342. The van der Waals surface area contributed by atoms with Crippen LogP contribution in [0, 0.1) is 0 Å². The van der Waals surface area contributed by atoms with E-state index in [1.54, 1.807) is 0 Å². The Morgan fingerprint density at radius 2 is 1.68 bits per heavy atom. The first-order valence-electron chi connectivity index (χ1n) is 11.3. The lowest BCUT2D eigenvalue weighted by Gasteiger charge is -2.26. The molecule has 0 atom stereocenters. The van der Waals surface area contributed by atoms with Crippen molar-refractivity contribution in [3.05, 3.63) is 89.6 Å². The van der Waals surface area contributed by atoms with E-state index in [0.29, 0.717) is 10.1 Å². The molecule has 1 aliphatic rings. The van der Waals surface area contributed by atoms with Crippen molar-refractivity contribution >= 4 is 51.1 Å². The van der Waals surface area contributed by atoms with Gasteiger partial charge in [0.1, 0.15) is 0 Å². The highest BCUT2D eigenvalue weighted by Crippen LogP contribution is 2.33. The Bertz CT molecular complexity index is 1300. The Hall–Kier alpha value is -3.03. The molecule has 0 bridgehead atoms. The molecule has 0 aliphatic carbocycles. The highest BCUT2D eigenvalue weighted by Gasteiger charge is 2.12. The van der Waals surface area contributed by atoms with Gasteiger partial charge in [-0.1, -0.05) is 48.0 Å². The van der Waals surface area contributed by atoms with Gasteiger partial charge in [-0.05, 0) is 59.6 Å². The number of fused-ring (bicyclic) bond motifs is 1. The maximum absolute atomic E-state index is 6.56. The average Bonchev–Trinajstić information content (AvgIpc) is 2.87. The first kappa shape index (κ1) is 22.7. The Morgan fingerprint density at radius 3 is 2.50 bits per heavy atom. The third kappa shape index (κ3) is 5.37. The van der Waals surface area contributed by atoms with Crippen LogP contribution in [0.5, 0.6) is 0 Å². The number of aromatic nitrogens is 1. The number of nitrogens with zero attached hydrogens (tertiary/aromatic N) is 2. The van der Waals surface area contributed by atoms with E-state index in [4.69, 9.17) is 28.6 Å². The largest absolute Gasteiger partial charge is 0.379 e. The van der Waals surface area contributed by atoms with E-state index in [1.165, 1.54) is 5.56 Å². The number of benzene rings is 3. The van der Waals surface area contributed by atoms with E-state index < -0.39 is 0 Å². The normalized spacial score (nSPS) is 14.1. The van der Waals surface area contributed by atoms with Gasteiger partial charge in [0.2, 0.25) is 0 Å². The fourth-order valence-corrected chi connectivity index (χ4v) is 4.57. The predicted octanol–water partition coefficient (Wildman–Crippen LogP) is 6.20. The van der Waals surface area contributed by atoms with Gasteiger partial charge < -0.3 is 15.4 Å². The minimum absolute atomic E-state index is 0.514. The molecule has 172 valence electrons. The fourth-order valence-electron chi connectivity index (χ4n) is 4.12. The molecule has 3 aromatic carbocycles. The first-order chi connectivity index (χ1) is 16.7. The Kier molecular flexibility index (Phi) is 7.02. The maximum atomic E-state index is 6.56. The third-order valence-corrected chi connectivity index (χ3v) is 6.41. The number of hydrogen-bond acceptors (Lipinski definition) is 4. The highest BCUT2D eigenvalue weighted by molar-refractivity contribution is 7.80. The van der Waals surface area contributed by atoms with Crippen molar-refractivity contribution in [2.24, 2.45) is 0 Å². The SMILES string of the molecule is S=C(Nc1ccc(CN2CCOCC2)cc1)Nc1ccc(Cl)c(-c2nccc3ccccc23)c1. The standard InChI is InChI=1S/C27H25ClN4OS/c28-25-10-9-22(17-24(25)26-23-4-2-1-3-20(23)11-12-29-26)31-27(34)30-21-7-5-19(6-8-21)18-32-13-15-33-16-14-32/h1-12,17H,13-16,18H2,(H2,30,31,34). The summed E-state index contributed by atoms with van der Waals surface area (Å²) in [6, 6.07) is 24.3. The molecule has 0 spiro atoms. The zero-order chi connectivity index (χ0) is 23.3. The first-order valence-corrected chi connectivity index (χ1v) is 12.0. The van der Waals surface area contributed by atoms with Crippen LogP contribution in [0.2, 0.25) is 5.02 Å². The van der Waals surface area contributed by atoms with Crippen LogP contribution < -0.4 is 10.6 Å². The number of nitrogens with one attached hydrogen (secondary N) is 2. The second-order valence-electron chi connectivity index (χ2n) is 8.24. The number of halogens is 1. The van der Waals surface area contributed by atoms with Crippen LogP contribution >= 0.6 is 23.8 Å².